The van der Waals surface area contributed by atoms with Gasteiger partial charge in [-0.15, -0.1) is 13.2 Å². The maximum absolute atomic E-state index is 14.4. The summed E-state index contributed by atoms with van der Waals surface area (Å²) in [5, 5.41) is 21.3. The third-order valence-corrected chi connectivity index (χ3v) is 4.57. The molecule has 0 atom stereocenters. The van der Waals surface area contributed by atoms with Crippen molar-refractivity contribution in [3.63, 3.8) is 0 Å². The summed E-state index contributed by atoms with van der Waals surface area (Å²) in [6, 6.07) is 4.34. The minimum atomic E-state index is -5.27. The fourth-order valence-electron chi connectivity index (χ4n) is 3.02. The summed E-state index contributed by atoms with van der Waals surface area (Å²) in [6.45, 7) is 0. The lowest BCUT2D eigenvalue weighted by atomic mass is 10.1. The van der Waals surface area contributed by atoms with E-state index in [1.165, 1.54) is 0 Å². The number of benzene rings is 2. The molecule has 0 unspecified atom stereocenters. The molecule has 0 spiro atoms. The molecule has 0 saturated heterocycles. The largest absolute Gasteiger partial charge is 0.573 e. The zero-order valence-corrected chi connectivity index (χ0v) is 19.7. The van der Waals surface area contributed by atoms with Gasteiger partial charge in [0.15, 0.2) is 11.5 Å². The van der Waals surface area contributed by atoms with Crippen LogP contribution in [0.1, 0.15) is 26.4 Å². The molecule has 0 aliphatic carbocycles. The predicted octanol–water partition coefficient (Wildman–Crippen LogP) is 2.89. The number of amides is 2. The quantitative estimate of drug-likeness (QED) is 0.181. The standard InChI is InChI=1S/C22H15BF7N3O7/c23-21(36,37)40-17-5-10(39-22(28,29)30)2-4-15(17)38-16-7-12(20(25,26)27)13(24)6-11(16)19(35)33-9-1-3-14(18(31)34)32-8-9/h1-8,36-37H,23H2,(H2,31,34)(H,33,35). The number of nitrogens with two attached hydrogens (primary N) is 1. The molecule has 2 aromatic carbocycles. The van der Waals surface area contributed by atoms with Crippen LogP contribution in [0.3, 0.4) is 0 Å². The number of hydrogen-bond donors (Lipinski definition) is 4. The van der Waals surface area contributed by atoms with Crippen molar-refractivity contribution in [3.05, 3.63) is 71.3 Å². The number of pyridine rings is 1. The molecule has 5 N–H and O–H groups in total. The molecule has 0 aliphatic heterocycles. The van der Waals surface area contributed by atoms with Crippen LogP contribution in [0.2, 0.25) is 0 Å². The normalized spacial score (nSPS) is 12.0. The Bertz CT molecular complexity index is 1430. The Hall–Kier alpha value is -4.58. The molecule has 0 fully saturated rings. The molecule has 18 heteroatoms. The van der Waals surface area contributed by atoms with E-state index in [1.807, 2.05) is 0 Å². The molecule has 0 bridgehead atoms. The van der Waals surface area contributed by atoms with Gasteiger partial charge in [0.2, 0.25) is 7.85 Å². The highest BCUT2D eigenvalue weighted by molar-refractivity contribution is 6.12. The topological polar surface area (TPSA) is 153 Å². The van der Waals surface area contributed by atoms with E-state index in [-0.39, 0.29) is 23.5 Å². The van der Waals surface area contributed by atoms with Crippen molar-refractivity contribution in [2.45, 2.75) is 18.4 Å². The number of aliphatic hydroxyl groups is 2. The van der Waals surface area contributed by atoms with Gasteiger partial charge in [0, 0.05) is 6.07 Å². The van der Waals surface area contributed by atoms with Gasteiger partial charge in [-0.2, -0.15) is 13.2 Å². The fourth-order valence-corrected chi connectivity index (χ4v) is 3.02. The van der Waals surface area contributed by atoms with Crippen molar-refractivity contribution < 1.29 is 64.7 Å². The van der Waals surface area contributed by atoms with Crippen LogP contribution in [0, 0.1) is 5.82 Å². The second-order valence-electron chi connectivity index (χ2n) is 7.87. The first kappa shape index (κ1) is 30.0. The number of hydrogen-bond acceptors (Lipinski definition) is 8. The van der Waals surface area contributed by atoms with E-state index in [4.69, 9.17) is 15.2 Å². The number of rotatable bonds is 8. The lowest BCUT2D eigenvalue weighted by Crippen LogP contribution is -2.35. The fraction of sp³-hybridized carbons (Fsp3) is 0.136. The van der Waals surface area contributed by atoms with Gasteiger partial charge >= 0.3 is 12.5 Å². The Morgan fingerprint density at radius 1 is 0.925 bits per heavy atom. The highest BCUT2D eigenvalue weighted by atomic mass is 19.4. The van der Waals surface area contributed by atoms with Crippen molar-refractivity contribution in [1.29, 1.82) is 0 Å². The Morgan fingerprint density at radius 2 is 1.60 bits per heavy atom. The molecule has 3 aromatic rings. The van der Waals surface area contributed by atoms with Gasteiger partial charge in [-0.05, 0) is 36.4 Å². The van der Waals surface area contributed by atoms with E-state index in [1.54, 1.807) is 0 Å². The maximum atomic E-state index is 14.4. The first-order chi connectivity index (χ1) is 18.3. The number of nitrogens with zero attached hydrogens (tertiary/aromatic N) is 1. The summed E-state index contributed by atoms with van der Waals surface area (Å²) >= 11 is 0. The van der Waals surface area contributed by atoms with Crippen LogP contribution in [0.5, 0.6) is 23.0 Å². The number of nitrogens with one attached hydrogen (secondary N) is 1. The number of primary amides is 1. The maximum Gasteiger partial charge on any atom is 0.573 e. The van der Waals surface area contributed by atoms with Crippen molar-refractivity contribution in [1.82, 2.24) is 4.98 Å². The molecular formula is C22H15BF7N3O7. The van der Waals surface area contributed by atoms with Crippen molar-refractivity contribution >= 4 is 25.3 Å². The molecule has 3 rings (SSSR count). The van der Waals surface area contributed by atoms with Gasteiger partial charge in [-0.1, -0.05) is 0 Å². The Kier molecular flexibility index (Phi) is 8.16. The number of ether oxygens (including phenoxy) is 3. The number of carbonyl (C=O) groups excluding carboxylic acids is 2. The van der Waals surface area contributed by atoms with Gasteiger partial charge in [0.1, 0.15) is 23.0 Å². The third kappa shape index (κ3) is 7.96. The average molecular weight is 577 g/mol. The van der Waals surface area contributed by atoms with Crippen LogP contribution >= 0.6 is 0 Å². The highest BCUT2D eigenvalue weighted by Crippen LogP contribution is 2.41. The molecule has 0 radical (unpaired) electrons. The SMILES string of the molecule is BC(O)(O)Oc1cc(OC(F)(F)F)ccc1Oc1cc(C(F)(F)F)c(F)cc1C(=O)Nc1ccc(C(N)=O)nc1. The van der Waals surface area contributed by atoms with E-state index in [9.17, 15) is 50.5 Å². The van der Waals surface area contributed by atoms with Crippen LogP contribution in [-0.4, -0.2) is 47.1 Å². The summed E-state index contributed by atoms with van der Waals surface area (Å²) in [5.74, 6) is -10.6. The van der Waals surface area contributed by atoms with Gasteiger partial charge < -0.3 is 35.5 Å². The number of anilines is 1. The second-order valence-corrected chi connectivity index (χ2v) is 7.87. The van der Waals surface area contributed by atoms with Gasteiger partial charge in [-0.3, -0.25) is 9.59 Å². The molecule has 40 heavy (non-hydrogen) atoms. The molecule has 0 aliphatic rings. The summed E-state index contributed by atoms with van der Waals surface area (Å²) in [5.41, 5.74) is 2.05. The van der Waals surface area contributed by atoms with Gasteiger partial charge in [0.05, 0.1) is 23.0 Å². The van der Waals surface area contributed by atoms with Crippen LogP contribution in [0.15, 0.2) is 48.7 Å². The van der Waals surface area contributed by atoms with E-state index in [0.717, 1.165) is 18.3 Å². The molecule has 1 aromatic heterocycles. The molecule has 1 heterocycles. The molecule has 0 saturated carbocycles. The molecule has 10 nitrogen and oxygen atoms in total. The van der Waals surface area contributed by atoms with Crippen LogP contribution < -0.4 is 25.3 Å². The van der Waals surface area contributed by atoms with E-state index in [0.29, 0.717) is 26.0 Å². The predicted molar refractivity (Wildman–Crippen MR) is 122 cm³/mol. The van der Waals surface area contributed by atoms with Crippen molar-refractivity contribution in [2.24, 2.45) is 5.73 Å². The molecular weight excluding hydrogens is 562 g/mol. The van der Waals surface area contributed by atoms with E-state index >= 15 is 0 Å². The zero-order chi connectivity index (χ0) is 30.0. The lowest BCUT2D eigenvalue weighted by molar-refractivity contribution is -0.274. The van der Waals surface area contributed by atoms with Crippen LogP contribution in [-0.2, 0) is 6.18 Å². The average Bonchev–Trinajstić information content (AvgIpc) is 2.79. The highest BCUT2D eigenvalue weighted by Gasteiger charge is 2.37. The Morgan fingerprint density at radius 3 is 2.12 bits per heavy atom. The third-order valence-electron chi connectivity index (χ3n) is 4.57. The number of carbonyl (C=O) groups is 2. The minimum absolute atomic E-state index is 0.0969. The van der Waals surface area contributed by atoms with Crippen LogP contribution in [0.4, 0.5) is 36.4 Å². The summed E-state index contributed by atoms with van der Waals surface area (Å²) < 4.78 is 106. The lowest BCUT2D eigenvalue weighted by Gasteiger charge is -2.22. The monoisotopic (exact) mass is 577 g/mol. The summed E-state index contributed by atoms with van der Waals surface area (Å²) in [6.07, 6.45) is -9.49. The van der Waals surface area contributed by atoms with E-state index in [2.05, 4.69) is 15.0 Å². The minimum Gasteiger partial charge on any atom is -0.453 e. The molecule has 212 valence electrons. The first-order valence-electron chi connectivity index (χ1n) is 10.5. The van der Waals surface area contributed by atoms with Gasteiger partial charge in [-0.25, -0.2) is 9.37 Å². The number of aromatic nitrogens is 1. The summed E-state index contributed by atoms with van der Waals surface area (Å²) in [7, 11) is 0.643. The first-order valence-corrected chi connectivity index (χ1v) is 10.5. The second kappa shape index (κ2) is 10.9. The smallest absolute Gasteiger partial charge is 0.453 e. The number of alkyl halides is 6. The molecule has 2 amide bonds. The van der Waals surface area contributed by atoms with E-state index < -0.39 is 70.2 Å². The van der Waals surface area contributed by atoms with Crippen molar-refractivity contribution in [2.75, 3.05) is 5.32 Å². The zero-order valence-electron chi connectivity index (χ0n) is 19.7. The Labute approximate surface area is 219 Å². The van der Waals surface area contributed by atoms with Crippen LogP contribution in [0.25, 0.3) is 0 Å². The van der Waals surface area contributed by atoms with Crippen molar-refractivity contribution in [3.8, 4) is 23.0 Å². The van der Waals surface area contributed by atoms with Gasteiger partial charge in [0.25, 0.3) is 17.7 Å². The summed E-state index contributed by atoms with van der Waals surface area (Å²) in [4.78, 5) is 27.7. The Balaban J connectivity index is 2.08. The number of halogens is 7.